The Morgan fingerprint density at radius 3 is 2.31 bits per heavy atom. The molecule has 0 atom stereocenters. The van der Waals surface area contributed by atoms with E-state index in [4.69, 9.17) is 4.74 Å². The molecule has 1 aromatic rings. The first-order chi connectivity index (χ1) is 11.9. The molecule has 0 saturated carbocycles. The van der Waals surface area contributed by atoms with Gasteiger partial charge in [0.15, 0.2) is 0 Å². The van der Waals surface area contributed by atoms with Crippen LogP contribution in [0.1, 0.15) is 26.3 Å². The molecule has 0 unspecified atom stereocenters. The highest BCUT2D eigenvalue weighted by Gasteiger charge is 2.26. The van der Waals surface area contributed by atoms with E-state index in [2.05, 4.69) is 4.18 Å². The van der Waals surface area contributed by atoms with E-state index in [-0.39, 0.29) is 12.7 Å². The SMILES string of the molecule is CC(C)(C)OC(=O)N1CCN(c2ccc(COS(C)(=O)=O)cc2F)CC1. The lowest BCUT2D eigenvalue weighted by molar-refractivity contribution is 0.0240. The molecule has 1 aliphatic heterocycles. The van der Waals surface area contributed by atoms with Crippen molar-refractivity contribution in [3.05, 3.63) is 29.6 Å². The van der Waals surface area contributed by atoms with E-state index in [0.717, 1.165) is 6.26 Å². The summed E-state index contributed by atoms with van der Waals surface area (Å²) in [5, 5.41) is 0. The van der Waals surface area contributed by atoms with Gasteiger partial charge in [0.25, 0.3) is 10.1 Å². The summed E-state index contributed by atoms with van der Waals surface area (Å²) in [5.41, 5.74) is 0.297. The molecule has 1 fully saturated rings. The zero-order valence-electron chi connectivity index (χ0n) is 15.5. The Kier molecular flexibility index (Phi) is 6.13. The summed E-state index contributed by atoms with van der Waals surface area (Å²) in [7, 11) is -3.58. The fourth-order valence-electron chi connectivity index (χ4n) is 2.53. The first kappa shape index (κ1) is 20.4. The zero-order valence-corrected chi connectivity index (χ0v) is 16.3. The molecular weight excluding hydrogens is 363 g/mol. The topological polar surface area (TPSA) is 76.2 Å². The molecule has 146 valence electrons. The Morgan fingerprint density at radius 1 is 1.19 bits per heavy atom. The van der Waals surface area contributed by atoms with Gasteiger partial charge < -0.3 is 14.5 Å². The summed E-state index contributed by atoms with van der Waals surface area (Å²) in [5.74, 6) is -0.453. The summed E-state index contributed by atoms with van der Waals surface area (Å²) in [4.78, 5) is 15.5. The summed E-state index contributed by atoms with van der Waals surface area (Å²) >= 11 is 0. The van der Waals surface area contributed by atoms with Gasteiger partial charge in [-0.25, -0.2) is 9.18 Å². The third-order valence-electron chi connectivity index (χ3n) is 3.72. The monoisotopic (exact) mass is 388 g/mol. The van der Waals surface area contributed by atoms with Crippen LogP contribution in [0.25, 0.3) is 0 Å². The molecule has 0 radical (unpaired) electrons. The molecule has 0 aromatic heterocycles. The van der Waals surface area contributed by atoms with Crippen molar-refractivity contribution in [2.24, 2.45) is 0 Å². The summed E-state index contributed by atoms with van der Waals surface area (Å²) in [6, 6.07) is 4.49. The van der Waals surface area contributed by atoms with Crippen LogP contribution < -0.4 is 4.90 Å². The predicted octanol–water partition coefficient (Wildman–Crippen LogP) is 2.36. The highest BCUT2D eigenvalue weighted by molar-refractivity contribution is 7.85. The zero-order chi connectivity index (χ0) is 19.5. The second kappa shape index (κ2) is 7.79. The van der Waals surface area contributed by atoms with Gasteiger partial charge in [0.1, 0.15) is 11.4 Å². The molecule has 0 aliphatic carbocycles. The molecule has 0 bridgehead atoms. The lowest BCUT2D eigenvalue weighted by atomic mass is 10.1. The molecule has 26 heavy (non-hydrogen) atoms. The maximum absolute atomic E-state index is 14.4. The summed E-state index contributed by atoms with van der Waals surface area (Å²) < 4.78 is 46.4. The number of amides is 1. The number of nitrogens with zero attached hydrogens (tertiary/aromatic N) is 2. The van der Waals surface area contributed by atoms with E-state index in [1.807, 2.05) is 25.7 Å². The number of carbonyl (C=O) groups excluding carboxylic acids is 1. The smallest absolute Gasteiger partial charge is 0.410 e. The van der Waals surface area contributed by atoms with Crippen LogP contribution in [0.4, 0.5) is 14.9 Å². The maximum atomic E-state index is 14.4. The van der Waals surface area contributed by atoms with Crippen LogP contribution in [-0.2, 0) is 25.6 Å². The Bertz CT molecular complexity index is 753. The number of benzene rings is 1. The van der Waals surface area contributed by atoms with Crippen molar-refractivity contribution in [1.82, 2.24) is 4.90 Å². The van der Waals surface area contributed by atoms with Crippen LogP contribution in [0.5, 0.6) is 0 Å². The highest BCUT2D eigenvalue weighted by Crippen LogP contribution is 2.23. The van der Waals surface area contributed by atoms with Crippen molar-refractivity contribution < 1.29 is 26.5 Å². The molecular formula is C17H25FN2O5S. The highest BCUT2D eigenvalue weighted by atomic mass is 32.2. The number of hydrogen-bond acceptors (Lipinski definition) is 6. The molecule has 2 rings (SSSR count). The standard InChI is InChI=1S/C17H25FN2O5S/c1-17(2,3)25-16(21)20-9-7-19(8-10-20)15-6-5-13(11-14(15)18)12-24-26(4,22)23/h5-6,11H,7-10,12H2,1-4H3. The third kappa shape index (κ3) is 6.14. The van der Waals surface area contributed by atoms with Crippen LogP contribution in [0.15, 0.2) is 18.2 Å². The number of hydrogen-bond donors (Lipinski definition) is 0. The van der Waals surface area contributed by atoms with Crippen molar-refractivity contribution in [2.75, 3.05) is 37.3 Å². The van der Waals surface area contributed by atoms with E-state index < -0.39 is 21.5 Å². The van der Waals surface area contributed by atoms with Gasteiger partial charge in [-0.2, -0.15) is 8.42 Å². The summed E-state index contributed by atoms with van der Waals surface area (Å²) in [6.45, 7) is 7.07. The van der Waals surface area contributed by atoms with Gasteiger partial charge in [-0.05, 0) is 38.5 Å². The van der Waals surface area contributed by atoms with Gasteiger partial charge in [0, 0.05) is 26.2 Å². The van der Waals surface area contributed by atoms with E-state index in [1.54, 1.807) is 17.0 Å². The number of ether oxygens (including phenoxy) is 1. The van der Waals surface area contributed by atoms with E-state index in [0.29, 0.717) is 37.4 Å². The van der Waals surface area contributed by atoms with Crippen molar-refractivity contribution in [1.29, 1.82) is 0 Å². The number of anilines is 1. The minimum atomic E-state index is -3.58. The average Bonchev–Trinajstić information content (AvgIpc) is 2.51. The lowest BCUT2D eigenvalue weighted by Gasteiger charge is -2.36. The largest absolute Gasteiger partial charge is 0.444 e. The summed E-state index contributed by atoms with van der Waals surface area (Å²) in [6.07, 6.45) is 0.577. The number of piperazine rings is 1. The Balaban J connectivity index is 1.96. The molecule has 1 amide bonds. The maximum Gasteiger partial charge on any atom is 0.410 e. The molecule has 1 aromatic carbocycles. The van der Waals surface area contributed by atoms with Gasteiger partial charge >= 0.3 is 6.09 Å². The molecule has 0 spiro atoms. The molecule has 0 N–H and O–H groups in total. The van der Waals surface area contributed by atoms with Gasteiger partial charge in [-0.15, -0.1) is 0 Å². The predicted molar refractivity (Wildman–Crippen MR) is 96.1 cm³/mol. The normalized spacial score (nSPS) is 15.9. The van der Waals surface area contributed by atoms with Crippen LogP contribution >= 0.6 is 0 Å². The second-order valence-corrected chi connectivity index (χ2v) is 8.85. The molecule has 7 nitrogen and oxygen atoms in total. The molecule has 1 aliphatic rings. The number of halogens is 1. The first-order valence-corrected chi connectivity index (χ1v) is 10.1. The molecule has 9 heteroatoms. The third-order valence-corrected chi connectivity index (χ3v) is 4.27. The quantitative estimate of drug-likeness (QED) is 0.737. The lowest BCUT2D eigenvalue weighted by Crippen LogP contribution is -2.50. The van der Waals surface area contributed by atoms with Crippen molar-refractivity contribution in [2.45, 2.75) is 33.0 Å². The molecule has 1 saturated heterocycles. The van der Waals surface area contributed by atoms with Gasteiger partial charge in [0.2, 0.25) is 0 Å². The van der Waals surface area contributed by atoms with Crippen molar-refractivity contribution in [3.8, 4) is 0 Å². The van der Waals surface area contributed by atoms with Gasteiger partial charge in [-0.3, -0.25) is 4.18 Å². The van der Waals surface area contributed by atoms with Crippen molar-refractivity contribution >= 4 is 21.9 Å². The van der Waals surface area contributed by atoms with Gasteiger partial charge in [-0.1, -0.05) is 6.07 Å². The molecule has 1 heterocycles. The van der Waals surface area contributed by atoms with Gasteiger partial charge in [0.05, 0.1) is 18.6 Å². The Labute approximate surface area is 153 Å². The minimum absolute atomic E-state index is 0.206. The fourth-order valence-corrected chi connectivity index (χ4v) is 2.88. The van der Waals surface area contributed by atoms with Crippen LogP contribution in [0.3, 0.4) is 0 Å². The second-order valence-electron chi connectivity index (χ2n) is 7.21. The Morgan fingerprint density at radius 2 is 1.81 bits per heavy atom. The van der Waals surface area contributed by atoms with E-state index >= 15 is 0 Å². The minimum Gasteiger partial charge on any atom is -0.444 e. The van der Waals surface area contributed by atoms with Crippen LogP contribution in [0, 0.1) is 5.82 Å². The fraction of sp³-hybridized carbons (Fsp3) is 0.588. The van der Waals surface area contributed by atoms with Crippen LogP contribution in [0.2, 0.25) is 0 Å². The Hall–Kier alpha value is -1.87. The van der Waals surface area contributed by atoms with Crippen LogP contribution in [-0.4, -0.2) is 57.4 Å². The van der Waals surface area contributed by atoms with E-state index in [9.17, 15) is 17.6 Å². The first-order valence-electron chi connectivity index (χ1n) is 8.30. The number of rotatable bonds is 4. The van der Waals surface area contributed by atoms with Crippen molar-refractivity contribution in [3.63, 3.8) is 0 Å². The van der Waals surface area contributed by atoms with E-state index in [1.165, 1.54) is 6.07 Å². The average molecular weight is 388 g/mol. The number of carbonyl (C=O) groups is 1.